The Morgan fingerprint density at radius 1 is 1.24 bits per heavy atom. The summed E-state index contributed by atoms with van der Waals surface area (Å²) in [7, 11) is -3.14. The summed E-state index contributed by atoms with van der Waals surface area (Å²) in [6.07, 6.45) is 0.771. The average Bonchev–Trinajstić information content (AvgIpc) is 2.94. The summed E-state index contributed by atoms with van der Waals surface area (Å²) >= 11 is 0. The lowest BCUT2D eigenvalue weighted by Crippen LogP contribution is -2.48. The highest BCUT2D eigenvalue weighted by molar-refractivity contribution is 7.91. The fourth-order valence-corrected chi connectivity index (χ4v) is 5.49. The third kappa shape index (κ3) is 5.54. The molecule has 0 saturated carbocycles. The predicted octanol–water partition coefficient (Wildman–Crippen LogP) is 2.26. The molecule has 1 amide bonds. The van der Waals surface area contributed by atoms with Crippen LogP contribution in [0.5, 0.6) is 5.75 Å². The molecule has 0 radical (unpaired) electrons. The quantitative estimate of drug-likeness (QED) is 0.545. The second kappa shape index (κ2) is 8.20. The van der Waals surface area contributed by atoms with Crippen LogP contribution >= 0.6 is 0 Å². The molecule has 1 atom stereocenters. The van der Waals surface area contributed by atoms with Crippen molar-refractivity contribution in [2.45, 2.75) is 25.3 Å². The summed E-state index contributed by atoms with van der Waals surface area (Å²) in [6.45, 7) is 1.39. The zero-order chi connectivity index (χ0) is 21.1. The number of nitrogens with one attached hydrogen (secondary N) is 1. The van der Waals surface area contributed by atoms with Crippen molar-refractivity contribution in [3.05, 3.63) is 69.8 Å². The number of carbonyl (C=O) groups is 1. The van der Waals surface area contributed by atoms with Gasteiger partial charge in [-0.05, 0) is 25.0 Å². The maximum Gasteiger partial charge on any atom is 0.269 e. The van der Waals surface area contributed by atoms with Gasteiger partial charge in [0.25, 0.3) is 11.6 Å². The molecule has 1 aliphatic rings. The molecular weight excluding hydrogens is 396 g/mol. The Morgan fingerprint density at radius 3 is 2.59 bits per heavy atom. The highest BCUT2D eigenvalue weighted by atomic mass is 32.2. The summed E-state index contributed by atoms with van der Waals surface area (Å²) in [4.78, 5) is 22.9. The van der Waals surface area contributed by atoms with E-state index in [-0.39, 0.29) is 23.8 Å². The summed E-state index contributed by atoms with van der Waals surface area (Å²) < 4.78 is 29.0. The molecule has 2 aromatic rings. The minimum atomic E-state index is -3.14. The van der Waals surface area contributed by atoms with Crippen LogP contribution in [0.25, 0.3) is 0 Å². The molecular formula is C20H22N2O6S. The molecule has 154 valence electrons. The van der Waals surface area contributed by atoms with Crippen molar-refractivity contribution in [1.29, 1.82) is 0 Å². The van der Waals surface area contributed by atoms with Crippen LogP contribution in [0.2, 0.25) is 0 Å². The second-order valence-corrected chi connectivity index (χ2v) is 9.64. The number of nitro benzene ring substituents is 1. The molecule has 1 unspecified atom stereocenters. The Hall–Kier alpha value is -2.94. The van der Waals surface area contributed by atoms with E-state index in [4.69, 9.17) is 4.74 Å². The lowest BCUT2D eigenvalue weighted by atomic mass is 10.0. The lowest BCUT2D eigenvalue weighted by molar-refractivity contribution is -0.384. The van der Waals surface area contributed by atoms with E-state index in [9.17, 15) is 23.3 Å². The van der Waals surface area contributed by atoms with E-state index in [0.717, 1.165) is 5.56 Å². The van der Waals surface area contributed by atoms with Crippen LogP contribution < -0.4 is 10.1 Å². The van der Waals surface area contributed by atoms with E-state index < -0.39 is 26.2 Å². The fourth-order valence-electron chi connectivity index (χ4n) is 3.40. The van der Waals surface area contributed by atoms with Crippen LogP contribution in [0, 0.1) is 10.1 Å². The Labute approximate surface area is 169 Å². The molecule has 1 aliphatic heterocycles. The number of rotatable bonds is 7. The molecule has 0 aromatic heterocycles. The number of amides is 1. The number of benzene rings is 2. The van der Waals surface area contributed by atoms with Crippen molar-refractivity contribution >= 4 is 21.4 Å². The van der Waals surface area contributed by atoms with Gasteiger partial charge in [0.1, 0.15) is 5.75 Å². The highest BCUT2D eigenvalue weighted by Crippen LogP contribution is 2.27. The third-order valence-corrected chi connectivity index (χ3v) is 6.70. The molecule has 9 heteroatoms. The van der Waals surface area contributed by atoms with Gasteiger partial charge < -0.3 is 10.1 Å². The van der Waals surface area contributed by atoms with E-state index in [0.29, 0.717) is 24.2 Å². The van der Waals surface area contributed by atoms with Crippen LogP contribution in [0.1, 0.15) is 24.5 Å². The Bertz CT molecular complexity index is 1020. The van der Waals surface area contributed by atoms with Crippen molar-refractivity contribution in [3.63, 3.8) is 0 Å². The smallest absolute Gasteiger partial charge is 0.269 e. The van der Waals surface area contributed by atoms with Crippen LogP contribution in [0.4, 0.5) is 5.69 Å². The largest absolute Gasteiger partial charge is 0.483 e. The molecule has 0 aliphatic carbocycles. The molecule has 29 heavy (non-hydrogen) atoms. The summed E-state index contributed by atoms with van der Waals surface area (Å²) in [5, 5.41) is 13.8. The van der Waals surface area contributed by atoms with Gasteiger partial charge in [-0.1, -0.05) is 30.3 Å². The van der Waals surface area contributed by atoms with Crippen molar-refractivity contribution < 1.29 is 22.9 Å². The van der Waals surface area contributed by atoms with E-state index in [1.54, 1.807) is 6.92 Å². The topological polar surface area (TPSA) is 116 Å². The minimum absolute atomic E-state index is 0.0498. The molecule has 8 nitrogen and oxygen atoms in total. The number of nitrogens with zero attached hydrogens (tertiary/aromatic N) is 1. The van der Waals surface area contributed by atoms with Gasteiger partial charge in [-0.2, -0.15) is 0 Å². The monoisotopic (exact) mass is 418 g/mol. The molecule has 0 bridgehead atoms. The second-order valence-electron chi connectivity index (χ2n) is 7.45. The van der Waals surface area contributed by atoms with Gasteiger partial charge in [0.05, 0.1) is 22.0 Å². The first-order valence-corrected chi connectivity index (χ1v) is 10.9. The predicted molar refractivity (Wildman–Crippen MR) is 108 cm³/mol. The third-order valence-electron chi connectivity index (χ3n) is 4.80. The fraction of sp³-hybridized carbons (Fsp3) is 0.350. The number of non-ortho nitro benzene ring substituents is 1. The lowest BCUT2D eigenvalue weighted by Gasteiger charge is -2.24. The van der Waals surface area contributed by atoms with E-state index in [1.807, 2.05) is 30.3 Å². The maximum atomic E-state index is 12.3. The first-order valence-electron chi connectivity index (χ1n) is 9.11. The van der Waals surface area contributed by atoms with Gasteiger partial charge >= 0.3 is 0 Å². The van der Waals surface area contributed by atoms with Crippen LogP contribution in [-0.2, 0) is 21.1 Å². The summed E-state index contributed by atoms with van der Waals surface area (Å²) in [5.41, 5.74) is 0.678. The zero-order valence-electron chi connectivity index (χ0n) is 16.0. The Morgan fingerprint density at radius 2 is 1.97 bits per heavy atom. The minimum Gasteiger partial charge on any atom is -0.483 e. The number of hydrogen-bond acceptors (Lipinski definition) is 6. The van der Waals surface area contributed by atoms with Gasteiger partial charge in [0, 0.05) is 24.1 Å². The summed E-state index contributed by atoms with van der Waals surface area (Å²) in [5.74, 6) is -0.107. The molecule has 1 heterocycles. The molecule has 0 spiro atoms. The standard InChI is InChI=1S/C20H22N2O6S/c1-20(9-10-29(26,27)14-20)21-19(23)13-28-18-8-7-17(22(24)25)12-16(18)11-15-5-3-2-4-6-15/h2-8,12H,9-11,13-14H2,1H3,(H,21,23). The van der Waals surface area contributed by atoms with Crippen molar-refractivity contribution in [2.75, 3.05) is 18.1 Å². The SMILES string of the molecule is CC1(NC(=O)COc2ccc([N+](=O)[O-])cc2Cc2ccccc2)CCS(=O)(=O)C1. The van der Waals surface area contributed by atoms with E-state index >= 15 is 0 Å². The van der Waals surface area contributed by atoms with Gasteiger partial charge in [0.2, 0.25) is 0 Å². The van der Waals surface area contributed by atoms with Crippen LogP contribution in [0.3, 0.4) is 0 Å². The molecule has 1 fully saturated rings. The number of ether oxygens (including phenoxy) is 1. The summed E-state index contributed by atoms with van der Waals surface area (Å²) in [6, 6.07) is 13.7. The van der Waals surface area contributed by atoms with Crippen molar-refractivity contribution in [2.24, 2.45) is 0 Å². The highest BCUT2D eigenvalue weighted by Gasteiger charge is 2.39. The number of carbonyl (C=O) groups excluding carboxylic acids is 1. The van der Waals surface area contributed by atoms with Crippen molar-refractivity contribution in [1.82, 2.24) is 5.32 Å². The van der Waals surface area contributed by atoms with Gasteiger partial charge in [-0.15, -0.1) is 0 Å². The first-order chi connectivity index (χ1) is 13.7. The number of nitro groups is 1. The van der Waals surface area contributed by atoms with Gasteiger partial charge in [-0.3, -0.25) is 14.9 Å². The molecule has 1 N–H and O–H groups in total. The number of hydrogen-bond donors (Lipinski definition) is 1. The first kappa shape index (κ1) is 20.8. The normalized spacial score (nSPS) is 20.2. The van der Waals surface area contributed by atoms with Gasteiger partial charge in [0.15, 0.2) is 16.4 Å². The van der Waals surface area contributed by atoms with Gasteiger partial charge in [-0.25, -0.2) is 8.42 Å². The van der Waals surface area contributed by atoms with Crippen LogP contribution in [-0.4, -0.2) is 42.9 Å². The zero-order valence-corrected chi connectivity index (χ0v) is 16.8. The van der Waals surface area contributed by atoms with E-state index in [2.05, 4.69) is 5.32 Å². The van der Waals surface area contributed by atoms with Crippen LogP contribution in [0.15, 0.2) is 48.5 Å². The van der Waals surface area contributed by atoms with Crippen molar-refractivity contribution in [3.8, 4) is 5.75 Å². The van der Waals surface area contributed by atoms with E-state index in [1.165, 1.54) is 18.2 Å². The molecule has 1 saturated heterocycles. The Kier molecular flexibility index (Phi) is 5.88. The Balaban J connectivity index is 1.71. The number of sulfone groups is 1. The molecule has 3 rings (SSSR count). The molecule has 2 aromatic carbocycles. The maximum absolute atomic E-state index is 12.3. The average molecular weight is 418 g/mol.